The summed E-state index contributed by atoms with van der Waals surface area (Å²) in [6.07, 6.45) is 10.9. The fourth-order valence-electron chi connectivity index (χ4n) is 4.54. The minimum atomic E-state index is -0.736. The van der Waals surface area contributed by atoms with Gasteiger partial charge in [0.15, 0.2) is 16.3 Å². The third kappa shape index (κ3) is 4.22. The molecule has 0 bridgehead atoms. The summed E-state index contributed by atoms with van der Waals surface area (Å²) in [5.74, 6) is -0.946. The van der Waals surface area contributed by atoms with Gasteiger partial charge in [0.25, 0.3) is 11.5 Å². The van der Waals surface area contributed by atoms with Crippen LogP contribution in [-0.4, -0.2) is 32.7 Å². The zero-order chi connectivity index (χ0) is 20.4. The number of thiazole rings is 1. The maximum absolute atomic E-state index is 13.0. The number of ketones is 1. The number of amides is 1. The van der Waals surface area contributed by atoms with Crippen LogP contribution in [0.3, 0.4) is 0 Å². The van der Waals surface area contributed by atoms with Gasteiger partial charge >= 0.3 is 0 Å². The van der Waals surface area contributed by atoms with Crippen LogP contribution in [-0.2, 0) is 17.6 Å². The molecule has 0 aromatic carbocycles. The van der Waals surface area contributed by atoms with Crippen molar-refractivity contribution in [2.24, 2.45) is 5.92 Å². The summed E-state index contributed by atoms with van der Waals surface area (Å²) in [6.45, 7) is -0.126. The molecule has 2 aliphatic rings. The van der Waals surface area contributed by atoms with Crippen molar-refractivity contribution in [3.63, 3.8) is 0 Å². The molecular weight excluding hydrogens is 390 g/mol. The highest BCUT2D eigenvalue weighted by atomic mass is 32.1. The molecule has 8 heteroatoms. The second-order valence-corrected chi connectivity index (χ2v) is 9.26. The van der Waals surface area contributed by atoms with Crippen LogP contribution in [0.5, 0.6) is 5.88 Å². The van der Waals surface area contributed by atoms with Crippen molar-refractivity contribution in [1.82, 2.24) is 14.7 Å². The average Bonchev–Trinajstić information content (AvgIpc) is 2.88. The Hall–Kier alpha value is -2.22. The Morgan fingerprint density at radius 2 is 1.83 bits per heavy atom. The zero-order valence-electron chi connectivity index (χ0n) is 16.5. The molecule has 156 valence electrons. The van der Waals surface area contributed by atoms with Gasteiger partial charge in [-0.25, -0.2) is 0 Å². The fraction of sp³-hybridized carbons (Fsp3) is 0.619. The highest BCUT2D eigenvalue weighted by molar-refractivity contribution is 7.17. The monoisotopic (exact) mass is 417 g/mol. The van der Waals surface area contributed by atoms with E-state index >= 15 is 0 Å². The highest BCUT2D eigenvalue weighted by Gasteiger charge is 2.25. The largest absolute Gasteiger partial charge is 0.492 e. The smallest absolute Gasteiger partial charge is 0.275 e. The van der Waals surface area contributed by atoms with E-state index in [9.17, 15) is 19.5 Å². The molecule has 2 aromatic heterocycles. The number of nitrogens with one attached hydrogen (secondary N) is 1. The van der Waals surface area contributed by atoms with Gasteiger partial charge < -0.3 is 10.4 Å². The summed E-state index contributed by atoms with van der Waals surface area (Å²) in [5, 5.41) is 12.8. The third-order valence-corrected chi connectivity index (χ3v) is 7.21. The molecule has 2 aliphatic carbocycles. The highest BCUT2D eigenvalue weighted by Crippen LogP contribution is 2.29. The minimum Gasteiger partial charge on any atom is -0.492 e. The number of aryl methyl sites for hydroxylation is 2. The van der Waals surface area contributed by atoms with E-state index in [0.29, 0.717) is 17.3 Å². The van der Waals surface area contributed by atoms with Crippen LogP contribution in [0.2, 0.25) is 0 Å². The Labute approximate surface area is 173 Å². The molecule has 4 rings (SSSR count). The molecule has 0 atom stereocenters. The van der Waals surface area contributed by atoms with Crippen molar-refractivity contribution in [1.29, 1.82) is 0 Å². The summed E-state index contributed by atoms with van der Waals surface area (Å²) in [5.41, 5.74) is -0.0237. The summed E-state index contributed by atoms with van der Waals surface area (Å²) in [4.78, 5) is 43.5. The molecule has 1 amide bonds. The molecule has 0 spiro atoms. The predicted octanol–water partition coefficient (Wildman–Crippen LogP) is 3.00. The molecule has 0 aliphatic heterocycles. The second-order valence-electron chi connectivity index (χ2n) is 8.20. The molecule has 0 unspecified atom stereocenters. The number of Topliss-reactive ketones (excluding diaryl/α,β-unsaturated/α-hetero) is 1. The van der Waals surface area contributed by atoms with Crippen LogP contribution in [0.4, 0.5) is 0 Å². The molecule has 2 N–H and O–H groups in total. The van der Waals surface area contributed by atoms with E-state index in [1.165, 1.54) is 22.2 Å². The number of rotatable bonds is 5. The lowest BCUT2D eigenvalue weighted by molar-refractivity contribution is -0.119. The summed E-state index contributed by atoms with van der Waals surface area (Å²) in [6, 6.07) is 0. The van der Waals surface area contributed by atoms with Crippen LogP contribution >= 0.6 is 11.3 Å². The zero-order valence-corrected chi connectivity index (χ0v) is 17.4. The van der Waals surface area contributed by atoms with Crippen LogP contribution < -0.4 is 10.9 Å². The summed E-state index contributed by atoms with van der Waals surface area (Å²) >= 11 is 1.41. The van der Waals surface area contributed by atoms with Gasteiger partial charge in [0, 0.05) is 17.0 Å². The molecular formula is C21H27N3O4S. The van der Waals surface area contributed by atoms with Crippen molar-refractivity contribution >= 4 is 28.0 Å². The average molecular weight is 418 g/mol. The minimum absolute atomic E-state index is 0.0386. The van der Waals surface area contributed by atoms with Crippen molar-refractivity contribution in [2.75, 3.05) is 6.54 Å². The number of aromatic nitrogens is 2. The van der Waals surface area contributed by atoms with Gasteiger partial charge in [0.1, 0.15) is 0 Å². The first-order valence-electron chi connectivity index (χ1n) is 10.6. The van der Waals surface area contributed by atoms with Crippen molar-refractivity contribution in [3.8, 4) is 5.88 Å². The Balaban J connectivity index is 1.52. The molecule has 29 heavy (non-hydrogen) atoms. The fourth-order valence-corrected chi connectivity index (χ4v) is 5.74. The Morgan fingerprint density at radius 3 is 2.62 bits per heavy atom. The number of nitrogens with zero attached hydrogens (tertiary/aromatic N) is 2. The lowest BCUT2D eigenvalue weighted by atomic mass is 9.86. The van der Waals surface area contributed by atoms with Gasteiger partial charge in [-0.3, -0.25) is 18.8 Å². The maximum Gasteiger partial charge on any atom is 0.275 e. The number of aromatic hydroxyl groups is 1. The van der Waals surface area contributed by atoms with Crippen LogP contribution in [0.25, 0.3) is 4.96 Å². The molecule has 1 fully saturated rings. The molecule has 2 aromatic rings. The van der Waals surface area contributed by atoms with E-state index in [0.717, 1.165) is 68.4 Å². The second kappa shape index (κ2) is 8.65. The quantitative estimate of drug-likeness (QED) is 0.729. The first-order valence-corrected chi connectivity index (χ1v) is 11.4. The van der Waals surface area contributed by atoms with Crippen molar-refractivity contribution in [3.05, 3.63) is 26.5 Å². The number of carbonyl (C=O) groups excluding carboxylic acids is 2. The van der Waals surface area contributed by atoms with E-state index in [1.807, 2.05) is 0 Å². The number of fused-ring (bicyclic) bond motifs is 3. The lowest BCUT2D eigenvalue weighted by Crippen LogP contribution is -2.35. The van der Waals surface area contributed by atoms with Crippen LogP contribution in [0.1, 0.15) is 78.7 Å². The topological polar surface area (TPSA) is 101 Å². The summed E-state index contributed by atoms with van der Waals surface area (Å²) < 4.78 is 1.48. The standard InChI is InChI=1S/C21H27N3O4S/c25-14(11-13-7-3-1-4-8-13)12-22-18(26)17-19(27)23-21-24(20(17)28)15-9-5-2-6-10-16(15)29-21/h13,27H,1-12H2,(H,22,26). The maximum atomic E-state index is 13.0. The van der Waals surface area contributed by atoms with Gasteiger partial charge in [0.2, 0.25) is 5.88 Å². The van der Waals surface area contributed by atoms with Crippen molar-refractivity contribution in [2.45, 2.75) is 70.6 Å². The first-order chi connectivity index (χ1) is 14.0. The summed E-state index contributed by atoms with van der Waals surface area (Å²) in [7, 11) is 0. The molecule has 0 saturated heterocycles. The Bertz CT molecular complexity index is 988. The SMILES string of the molecule is O=C(CNC(=O)c1c(O)nc2sc3c(n2c1=O)CCCCC3)CC1CCCCC1. The Kier molecular flexibility index (Phi) is 5.99. The number of hydrogen-bond donors (Lipinski definition) is 2. The van der Waals surface area contributed by atoms with Gasteiger partial charge in [-0.1, -0.05) is 38.5 Å². The third-order valence-electron chi connectivity index (χ3n) is 6.07. The lowest BCUT2D eigenvalue weighted by Gasteiger charge is -2.20. The van der Waals surface area contributed by atoms with E-state index in [1.54, 1.807) is 0 Å². The van der Waals surface area contributed by atoms with E-state index in [-0.39, 0.29) is 17.9 Å². The molecule has 1 saturated carbocycles. The van der Waals surface area contributed by atoms with Crippen molar-refractivity contribution < 1.29 is 14.7 Å². The van der Waals surface area contributed by atoms with Gasteiger partial charge in [-0.2, -0.15) is 4.98 Å². The Morgan fingerprint density at radius 1 is 1.10 bits per heavy atom. The molecule has 0 radical (unpaired) electrons. The first kappa shape index (κ1) is 20.1. The van der Waals surface area contributed by atoms with Crippen LogP contribution in [0, 0.1) is 5.92 Å². The number of hydrogen-bond acceptors (Lipinski definition) is 6. The molecule has 7 nitrogen and oxygen atoms in total. The van der Waals surface area contributed by atoms with Gasteiger partial charge in [-0.15, -0.1) is 11.3 Å². The molecule has 2 heterocycles. The van der Waals surface area contributed by atoms with E-state index in [2.05, 4.69) is 10.3 Å². The van der Waals surface area contributed by atoms with Crippen LogP contribution in [0.15, 0.2) is 4.79 Å². The van der Waals surface area contributed by atoms with Gasteiger partial charge in [-0.05, 0) is 31.6 Å². The van der Waals surface area contributed by atoms with E-state index in [4.69, 9.17) is 0 Å². The predicted molar refractivity (Wildman–Crippen MR) is 111 cm³/mol. The van der Waals surface area contributed by atoms with Gasteiger partial charge in [0.05, 0.1) is 6.54 Å². The van der Waals surface area contributed by atoms with E-state index < -0.39 is 17.3 Å². The normalized spacial score (nSPS) is 17.7. The number of carbonyl (C=O) groups is 2.